The maximum Gasteiger partial charge on any atom is 0.0793 e. The molecule has 0 unspecified atom stereocenters. The zero-order valence-corrected chi connectivity index (χ0v) is 13.9. The van der Waals surface area contributed by atoms with Crippen LogP contribution in [0.5, 0.6) is 0 Å². The van der Waals surface area contributed by atoms with Crippen LogP contribution < -0.4 is 0 Å². The fourth-order valence-corrected chi connectivity index (χ4v) is 3.61. The Morgan fingerprint density at radius 2 is 2.14 bits per heavy atom. The standard InChI is InChI=1S/C17H32N2O2/c1-14-5-4-6-15(2)17(14)13-18(3)11-16(20)12-19-7-9-21-10-8-19/h5,15-17,20H,4,6-13H2,1-3H3/t15-,16+,17-/m0/s1. The Morgan fingerprint density at radius 3 is 2.81 bits per heavy atom. The lowest BCUT2D eigenvalue weighted by atomic mass is 9.80. The second kappa shape index (κ2) is 8.28. The van der Waals surface area contributed by atoms with Gasteiger partial charge in [0.2, 0.25) is 0 Å². The summed E-state index contributed by atoms with van der Waals surface area (Å²) >= 11 is 0. The SMILES string of the molecule is CC1=CCC[C@H](C)[C@H]1CN(C)C[C@@H](O)CN1CCOCC1. The van der Waals surface area contributed by atoms with Gasteiger partial charge in [0, 0.05) is 32.7 Å². The van der Waals surface area contributed by atoms with E-state index >= 15 is 0 Å². The van der Waals surface area contributed by atoms with E-state index in [9.17, 15) is 5.11 Å². The van der Waals surface area contributed by atoms with Gasteiger partial charge in [-0.3, -0.25) is 4.90 Å². The molecule has 1 fully saturated rings. The van der Waals surface area contributed by atoms with Crippen molar-refractivity contribution < 1.29 is 9.84 Å². The Morgan fingerprint density at radius 1 is 1.43 bits per heavy atom. The second-order valence-electron chi connectivity index (χ2n) is 6.90. The Balaban J connectivity index is 1.73. The summed E-state index contributed by atoms with van der Waals surface area (Å²) in [5.41, 5.74) is 1.53. The number of morpholine rings is 1. The first-order valence-corrected chi connectivity index (χ1v) is 8.39. The highest BCUT2D eigenvalue weighted by atomic mass is 16.5. The summed E-state index contributed by atoms with van der Waals surface area (Å²) in [6.45, 7) is 10.7. The summed E-state index contributed by atoms with van der Waals surface area (Å²) in [4.78, 5) is 4.60. The quantitative estimate of drug-likeness (QED) is 0.755. The van der Waals surface area contributed by atoms with Gasteiger partial charge < -0.3 is 14.7 Å². The molecule has 0 amide bonds. The third-order valence-electron chi connectivity index (χ3n) is 4.96. The Bertz CT molecular complexity index is 340. The van der Waals surface area contributed by atoms with E-state index in [1.165, 1.54) is 18.4 Å². The minimum atomic E-state index is -0.267. The van der Waals surface area contributed by atoms with E-state index in [1.54, 1.807) is 0 Å². The van der Waals surface area contributed by atoms with Crippen LogP contribution in [-0.4, -0.2) is 74.0 Å². The van der Waals surface area contributed by atoms with Crippen molar-refractivity contribution in [2.45, 2.75) is 32.8 Å². The average Bonchev–Trinajstić information content (AvgIpc) is 2.44. The summed E-state index contributed by atoms with van der Waals surface area (Å²) in [5, 5.41) is 10.3. The van der Waals surface area contributed by atoms with Gasteiger partial charge in [0.1, 0.15) is 0 Å². The molecule has 1 aliphatic heterocycles. The van der Waals surface area contributed by atoms with Gasteiger partial charge in [-0.1, -0.05) is 18.6 Å². The smallest absolute Gasteiger partial charge is 0.0793 e. The molecule has 0 aromatic heterocycles. The van der Waals surface area contributed by atoms with E-state index in [0.29, 0.717) is 5.92 Å². The number of hydrogen-bond acceptors (Lipinski definition) is 4. The molecule has 1 heterocycles. The number of β-amino-alcohol motifs (C(OH)–C–C–N with tert-alkyl or cyclic N) is 1. The topological polar surface area (TPSA) is 35.9 Å². The third kappa shape index (κ3) is 5.37. The van der Waals surface area contributed by atoms with Crippen molar-refractivity contribution in [3.63, 3.8) is 0 Å². The predicted molar refractivity (Wildman–Crippen MR) is 86.4 cm³/mol. The maximum atomic E-state index is 10.3. The number of rotatable bonds is 6. The lowest BCUT2D eigenvalue weighted by molar-refractivity contribution is 0.00762. The summed E-state index contributed by atoms with van der Waals surface area (Å²) in [6, 6.07) is 0. The summed E-state index contributed by atoms with van der Waals surface area (Å²) < 4.78 is 5.35. The molecular weight excluding hydrogens is 264 g/mol. The van der Waals surface area contributed by atoms with Crippen molar-refractivity contribution in [1.82, 2.24) is 9.80 Å². The molecule has 4 nitrogen and oxygen atoms in total. The van der Waals surface area contributed by atoms with Crippen LogP contribution in [-0.2, 0) is 4.74 Å². The molecule has 2 rings (SSSR count). The van der Waals surface area contributed by atoms with E-state index in [1.807, 2.05) is 0 Å². The van der Waals surface area contributed by atoms with Crippen molar-refractivity contribution in [3.05, 3.63) is 11.6 Å². The van der Waals surface area contributed by atoms with E-state index in [-0.39, 0.29) is 6.10 Å². The highest BCUT2D eigenvalue weighted by Crippen LogP contribution is 2.30. The van der Waals surface area contributed by atoms with Gasteiger partial charge in [0.25, 0.3) is 0 Å². The molecule has 1 aliphatic carbocycles. The fraction of sp³-hybridized carbons (Fsp3) is 0.882. The highest BCUT2D eigenvalue weighted by Gasteiger charge is 2.24. The molecule has 122 valence electrons. The maximum absolute atomic E-state index is 10.3. The number of ether oxygens (including phenoxy) is 1. The Labute approximate surface area is 129 Å². The van der Waals surface area contributed by atoms with Crippen molar-refractivity contribution >= 4 is 0 Å². The number of hydrogen-bond donors (Lipinski definition) is 1. The first-order chi connectivity index (χ1) is 10.1. The van der Waals surface area contributed by atoms with Crippen LogP contribution >= 0.6 is 0 Å². The number of allylic oxidation sites excluding steroid dienone is 1. The zero-order valence-electron chi connectivity index (χ0n) is 13.9. The van der Waals surface area contributed by atoms with Crippen LogP contribution in [0.15, 0.2) is 11.6 Å². The van der Waals surface area contributed by atoms with Gasteiger partial charge in [-0.2, -0.15) is 0 Å². The molecule has 21 heavy (non-hydrogen) atoms. The number of likely N-dealkylation sites (N-methyl/N-ethyl adjacent to an activating group) is 1. The van der Waals surface area contributed by atoms with E-state index in [0.717, 1.165) is 51.9 Å². The molecule has 1 N–H and O–H groups in total. The fourth-order valence-electron chi connectivity index (χ4n) is 3.61. The van der Waals surface area contributed by atoms with E-state index in [4.69, 9.17) is 4.74 Å². The van der Waals surface area contributed by atoms with Crippen LogP contribution in [0.4, 0.5) is 0 Å². The monoisotopic (exact) mass is 296 g/mol. The molecule has 0 spiro atoms. The molecule has 1 saturated heterocycles. The zero-order chi connectivity index (χ0) is 15.2. The Hall–Kier alpha value is -0.420. The lowest BCUT2D eigenvalue weighted by Crippen LogP contribution is -2.45. The molecule has 2 aliphatic rings. The van der Waals surface area contributed by atoms with Gasteiger partial charge >= 0.3 is 0 Å². The van der Waals surface area contributed by atoms with Crippen molar-refractivity contribution in [2.75, 3.05) is 53.0 Å². The van der Waals surface area contributed by atoms with Crippen LogP contribution in [0.25, 0.3) is 0 Å². The van der Waals surface area contributed by atoms with E-state index in [2.05, 4.69) is 36.8 Å². The normalized spacial score (nSPS) is 29.5. The van der Waals surface area contributed by atoms with Crippen molar-refractivity contribution in [3.8, 4) is 0 Å². The summed E-state index contributed by atoms with van der Waals surface area (Å²) in [7, 11) is 2.14. The van der Waals surface area contributed by atoms with Gasteiger partial charge in [0.05, 0.1) is 19.3 Å². The number of nitrogens with zero attached hydrogens (tertiary/aromatic N) is 2. The average molecular weight is 296 g/mol. The highest BCUT2D eigenvalue weighted by molar-refractivity contribution is 5.09. The lowest BCUT2D eigenvalue weighted by Gasteiger charge is -2.34. The van der Waals surface area contributed by atoms with Gasteiger partial charge in [-0.25, -0.2) is 0 Å². The largest absolute Gasteiger partial charge is 0.390 e. The molecule has 0 bridgehead atoms. The van der Waals surface area contributed by atoms with Crippen molar-refractivity contribution in [1.29, 1.82) is 0 Å². The number of aliphatic hydroxyl groups excluding tert-OH is 1. The molecule has 0 saturated carbocycles. The first-order valence-electron chi connectivity index (χ1n) is 8.39. The third-order valence-corrected chi connectivity index (χ3v) is 4.96. The van der Waals surface area contributed by atoms with Gasteiger partial charge in [-0.05, 0) is 38.6 Å². The first kappa shape index (κ1) is 16.9. The Kier molecular flexibility index (Phi) is 6.68. The van der Waals surface area contributed by atoms with Gasteiger partial charge in [-0.15, -0.1) is 0 Å². The van der Waals surface area contributed by atoms with Gasteiger partial charge in [0.15, 0.2) is 0 Å². The number of aliphatic hydroxyl groups is 1. The van der Waals surface area contributed by atoms with Crippen molar-refractivity contribution in [2.24, 2.45) is 11.8 Å². The van der Waals surface area contributed by atoms with E-state index < -0.39 is 0 Å². The molecule has 0 radical (unpaired) electrons. The molecule has 4 heteroatoms. The minimum absolute atomic E-state index is 0.267. The molecule has 3 atom stereocenters. The molecular formula is C17H32N2O2. The summed E-state index contributed by atoms with van der Waals surface area (Å²) in [5.74, 6) is 1.41. The minimum Gasteiger partial charge on any atom is -0.390 e. The second-order valence-corrected chi connectivity index (χ2v) is 6.90. The van der Waals surface area contributed by atoms with Crippen LogP contribution in [0, 0.1) is 11.8 Å². The van der Waals surface area contributed by atoms with Crippen LogP contribution in [0.2, 0.25) is 0 Å². The molecule has 0 aromatic carbocycles. The summed E-state index contributed by atoms with van der Waals surface area (Å²) in [6.07, 6.45) is 4.65. The molecule has 0 aromatic rings. The predicted octanol–water partition coefficient (Wildman–Crippen LogP) is 1.60. The van der Waals surface area contributed by atoms with Crippen LogP contribution in [0.1, 0.15) is 26.7 Å². The van der Waals surface area contributed by atoms with Crippen LogP contribution in [0.3, 0.4) is 0 Å².